The van der Waals surface area contributed by atoms with Crippen molar-refractivity contribution in [3.8, 4) is 0 Å². The van der Waals surface area contributed by atoms with Crippen molar-refractivity contribution in [1.29, 1.82) is 0 Å². The summed E-state index contributed by atoms with van der Waals surface area (Å²) in [6.45, 7) is 8.77. The molecule has 2 aromatic rings. The van der Waals surface area contributed by atoms with Crippen LogP contribution in [0.2, 0.25) is 0 Å². The third kappa shape index (κ3) is 6.08. The molecule has 1 aromatic carbocycles. The smallest absolute Gasteiger partial charge is 0.257 e. The van der Waals surface area contributed by atoms with E-state index in [0.29, 0.717) is 10.7 Å². The molecule has 2 N–H and O–H groups in total. The summed E-state index contributed by atoms with van der Waals surface area (Å²) in [7, 11) is -3.57. The number of carbonyl (C=O) groups excluding carboxylic acids is 1. The number of likely N-dealkylation sites (tertiary alicyclic amines) is 1. The second-order valence-corrected chi connectivity index (χ2v) is 10.4. The van der Waals surface area contributed by atoms with Crippen molar-refractivity contribution < 1.29 is 13.2 Å². The van der Waals surface area contributed by atoms with E-state index in [1.54, 1.807) is 13.8 Å². The van der Waals surface area contributed by atoms with Crippen LogP contribution in [0.25, 0.3) is 0 Å². The van der Waals surface area contributed by atoms with Gasteiger partial charge in [0.15, 0.2) is 5.13 Å². The fourth-order valence-electron chi connectivity index (χ4n) is 3.22. The highest BCUT2D eigenvalue weighted by Gasteiger charge is 2.18. The van der Waals surface area contributed by atoms with E-state index in [2.05, 4.69) is 26.8 Å². The Morgan fingerprint density at radius 2 is 1.90 bits per heavy atom. The average molecular weight is 437 g/mol. The Bertz CT molecular complexity index is 931. The molecule has 0 unspecified atom stereocenters. The minimum atomic E-state index is -3.57. The molecule has 29 heavy (non-hydrogen) atoms. The summed E-state index contributed by atoms with van der Waals surface area (Å²) in [5, 5.41) is 5.32. The van der Waals surface area contributed by atoms with Crippen LogP contribution < -0.4 is 10.0 Å². The number of aromatic nitrogens is 1. The maximum Gasteiger partial charge on any atom is 0.257 e. The summed E-state index contributed by atoms with van der Waals surface area (Å²) in [5.41, 5.74) is 1.34. The van der Waals surface area contributed by atoms with Crippen LogP contribution in [0.15, 0.2) is 34.5 Å². The van der Waals surface area contributed by atoms with Gasteiger partial charge in [-0.2, -0.15) is 0 Å². The lowest BCUT2D eigenvalue weighted by Gasteiger charge is -2.29. The number of nitrogens with zero attached hydrogens (tertiary/aromatic N) is 2. The first-order chi connectivity index (χ1) is 13.7. The molecule has 1 aliphatic heterocycles. The van der Waals surface area contributed by atoms with Crippen LogP contribution in [0.1, 0.15) is 49.7 Å². The minimum Gasteiger partial charge on any atom is -0.298 e. The SMILES string of the molecule is CC1CCN(Cc2csc(NC(=O)c3ccc(S(=O)(=O)NC(C)C)cc3)n2)CC1. The van der Waals surface area contributed by atoms with Gasteiger partial charge in [0.1, 0.15) is 0 Å². The molecule has 0 spiro atoms. The van der Waals surface area contributed by atoms with Crippen LogP contribution in [0.4, 0.5) is 5.13 Å². The molecule has 1 aliphatic rings. The van der Waals surface area contributed by atoms with Gasteiger partial charge in [-0.3, -0.25) is 15.0 Å². The van der Waals surface area contributed by atoms with Crippen molar-refractivity contribution in [1.82, 2.24) is 14.6 Å². The summed E-state index contributed by atoms with van der Waals surface area (Å²) < 4.78 is 26.9. The van der Waals surface area contributed by atoms with E-state index < -0.39 is 10.0 Å². The Kier molecular flexibility index (Phi) is 7.05. The normalized spacial score (nSPS) is 16.3. The zero-order valence-corrected chi connectivity index (χ0v) is 18.6. The molecule has 0 bridgehead atoms. The van der Waals surface area contributed by atoms with E-state index in [1.165, 1.54) is 48.4 Å². The Labute approximate surface area is 176 Å². The molecule has 0 atom stereocenters. The Balaban J connectivity index is 1.58. The van der Waals surface area contributed by atoms with Gasteiger partial charge in [-0.25, -0.2) is 18.1 Å². The van der Waals surface area contributed by atoms with Gasteiger partial charge >= 0.3 is 0 Å². The number of benzene rings is 1. The number of thiazole rings is 1. The van der Waals surface area contributed by atoms with E-state index in [0.717, 1.165) is 31.2 Å². The van der Waals surface area contributed by atoms with E-state index in [-0.39, 0.29) is 16.8 Å². The molecule has 1 amide bonds. The number of hydrogen-bond acceptors (Lipinski definition) is 6. The average Bonchev–Trinajstić information content (AvgIpc) is 3.09. The van der Waals surface area contributed by atoms with Crippen molar-refractivity contribution in [2.24, 2.45) is 5.92 Å². The topological polar surface area (TPSA) is 91.4 Å². The first-order valence-corrected chi connectivity index (χ1v) is 12.2. The highest BCUT2D eigenvalue weighted by atomic mass is 32.2. The summed E-state index contributed by atoms with van der Waals surface area (Å²) in [6.07, 6.45) is 2.43. The monoisotopic (exact) mass is 436 g/mol. The van der Waals surface area contributed by atoms with Crippen molar-refractivity contribution >= 4 is 32.4 Å². The maximum absolute atomic E-state index is 12.5. The first-order valence-electron chi connectivity index (χ1n) is 9.83. The van der Waals surface area contributed by atoms with Crippen LogP contribution in [0, 0.1) is 5.92 Å². The van der Waals surface area contributed by atoms with Crippen LogP contribution in [0.5, 0.6) is 0 Å². The van der Waals surface area contributed by atoms with E-state index in [1.807, 2.05) is 5.38 Å². The van der Waals surface area contributed by atoms with Gasteiger partial charge in [-0.1, -0.05) is 6.92 Å². The fourth-order valence-corrected chi connectivity index (χ4v) is 5.17. The predicted molar refractivity (Wildman–Crippen MR) is 116 cm³/mol. The molecular formula is C20H28N4O3S2. The van der Waals surface area contributed by atoms with Crippen molar-refractivity contribution in [2.45, 2.75) is 51.1 Å². The van der Waals surface area contributed by atoms with Gasteiger partial charge in [0.25, 0.3) is 5.91 Å². The number of amides is 1. The van der Waals surface area contributed by atoms with Crippen molar-refractivity contribution in [3.05, 3.63) is 40.9 Å². The van der Waals surface area contributed by atoms with Gasteiger partial charge in [-0.05, 0) is 70.0 Å². The number of hydrogen-bond donors (Lipinski definition) is 2. The summed E-state index contributed by atoms with van der Waals surface area (Å²) in [5.74, 6) is 0.484. The third-order valence-corrected chi connectivity index (χ3v) is 7.33. The van der Waals surface area contributed by atoms with Gasteiger partial charge in [0, 0.05) is 23.5 Å². The number of piperidine rings is 1. The van der Waals surface area contributed by atoms with Gasteiger partial charge in [0.2, 0.25) is 10.0 Å². The lowest BCUT2D eigenvalue weighted by Crippen LogP contribution is -2.32. The van der Waals surface area contributed by atoms with Crippen molar-refractivity contribution in [2.75, 3.05) is 18.4 Å². The fraction of sp³-hybridized carbons (Fsp3) is 0.500. The van der Waals surface area contributed by atoms with E-state index >= 15 is 0 Å². The number of rotatable bonds is 7. The minimum absolute atomic E-state index is 0.134. The number of carbonyl (C=O) groups is 1. The standard InChI is InChI=1S/C20H28N4O3S2/c1-14(2)23-29(26,27)18-6-4-16(5-7-18)19(25)22-20-21-17(13-28-20)12-24-10-8-15(3)9-11-24/h4-7,13-15,23H,8-12H2,1-3H3,(H,21,22,25). The molecule has 3 rings (SSSR count). The zero-order valence-electron chi connectivity index (χ0n) is 17.0. The number of sulfonamides is 1. The van der Waals surface area contributed by atoms with E-state index in [4.69, 9.17) is 0 Å². The zero-order chi connectivity index (χ0) is 21.0. The third-order valence-electron chi connectivity index (χ3n) is 4.85. The quantitative estimate of drug-likeness (QED) is 0.695. The second kappa shape index (κ2) is 9.34. The van der Waals surface area contributed by atoms with Crippen LogP contribution in [-0.2, 0) is 16.6 Å². The van der Waals surface area contributed by atoms with Gasteiger partial charge in [0.05, 0.1) is 10.6 Å². The molecule has 2 heterocycles. The molecule has 0 aliphatic carbocycles. The number of anilines is 1. The molecule has 9 heteroatoms. The first kappa shape index (κ1) is 21.9. The molecule has 1 fully saturated rings. The van der Waals surface area contributed by atoms with Crippen LogP contribution in [0.3, 0.4) is 0 Å². The Morgan fingerprint density at radius 1 is 1.24 bits per heavy atom. The highest BCUT2D eigenvalue weighted by Crippen LogP contribution is 2.21. The highest BCUT2D eigenvalue weighted by molar-refractivity contribution is 7.89. The van der Waals surface area contributed by atoms with Crippen LogP contribution >= 0.6 is 11.3 Å². The summed E-state index contributed by atoms with van der Waals surface area (Å²) >= 11 is 1.40. The molecule has 0 radical (unpaired) electrons. The molecule has 1 aromatic heterocycles. The largest absolute Gasteiger partial charge is 0.298 e. The maximum atomic E-state index is 12.5. The lowest BCUT2D eigenvalue weighted by molar-refractivity contribution is 0.102. The van der Waals surface area contributed by atoms with Crippen molar-refractivity contribution in [3.63, 3.8) is 0 Å². The summed E-state index contributed by atoms with van der Waals surface area (Å²) in [4.78, 5) is 19.5. The Hall–Kier alpha value is -1.81. The van der Waals surface area contributed by atoms with E-state index in [9.17, 15) is 13.2 Å². The summed E-state index contributed by atoms with van der Waals surface area (Å²) in [6, 6.07) is 5.69. The molecular weight excluding hydrogens is 408 g/mol. The molecule has 0 saturated carbocycles. The molecule has 7 nitrogen and oxygen atoms in total. The molecule has 1 saturated heterocycles. The Morgan fingerprint density at radius 3 is 2.52 bits per heavy atom. The predicted octanol–water partition coefficient (Wildman–Crippen LogP) is 3.31. The van der Waals surface area contributed by atoms with Gasteiger partial charge < -0.3 is 0 Å². The van der Waals surface area contributed by atoms with Crippen LogP contribution in [-0.4, -0.2) is 43.3 Å². The number of nitrogens with one attached hydrogen (secondary N) is 2. The molecule has 158 valence electrons. The lowest BCUT2D eigenvalue weighted by atomic mass is 9.99. The second-order valence-electron chi connectivity index (χ2n) is 7.86. The van der Waals surface area contributed by atoms with Gasteiger partial charge in [-0.15, -0.1) is 11.3 Å².